The SMILES string of the molecule is COC(=O)c1ccc(C(=O)OC)c(NS(=O)(=O)c2ccccc2C)c1. The van der Waals surface area contributed by atoms with Crippen LogP contribution in [-0.4, -0.2) is 34.6 Å². The summed E-state index contributed by atoms with van der Waals surface area (Å²) in [6.07, 6.45) is 0. The van der Waals surface area contributed by atoms with Crippen LogP contribution in [0.1, 0.15) is 26.3 Å². The first-order valence-electron chi connectivity index (χ1n) is 7.19. The molecule has 0 saturated heterocycles. The van der Waals surface area contributed by atoms with E-state index in [1.807, 2.05) is 0 Å². The van der Waals surface area contributed by atoms with Gasteiger partial charge in [-0.25, -0.2) is 18.0 Å². The molecule has 0 spiro atoms. The highest BCUT2D eigenvalue weighted by Gasteiger charge is 2.22. The summed E-state index contributed by atoms with van der Waals surface area (Å²) in [5.74, 6) is -1.40. The van der Waals surface area contributed by atoms with Crippen molar-refractivity contribution >= 4 is 27.6 Å². The predicted octanol–water partition coefficient (Wildman–Crippen LogP) is 2.37. The molecule has 2 rings (SSSR count). The van der Waals surface area contributed by atoms with Crippen molar-refractivity contribution in [2.75, 3.05) is 18.9 Å². The van der Waals surface area contributed by atoms with E-state index in [1.165, 1.54) is 38.5 Å². The zero-order valence-electron chi connectivity index (χ0n) is 13.9. The molecule has 0 aliphatic heterocycles. The third-order valence-electron chi connectivity index (χ3n) is 3.47. The Hall–Kier alpha value is -2.87. The van der Waals surface area contributed by atoms with Crippen LogP contribution in [0.15, 0.2) is 47.4 Å². The molecule has 0 aliphatic carbocycles. The van der Waals surface area contributed by atoms with E-state index >= 15 is 0 Å². The predicted molar refractivity (Wildman–Crippen MR) is 91.1 cm³/mol. The van der Waals surface area contributed by atoms with Gasteiger partial charge in [-0.15, -0.1) is 0 Å². The quantitative estimate of drug-likeness (QED) is 0.819. The summed E-state index contributed by atoms with van der Waals surface area (Å²) < 4.78 is 36.9. The Morgan fingerprint density at radius 3 is 2.20 bits per heavy atom. The van der Waals surface area contributed by atoms with Gasteiger partial charge in [0, 0.05) is 0 Å². The summed E-state index contributed by atoms with van der Waals surface area (Å²) in [6, 6.07) is 10.3. The number of aryl methyl sites for hydroxylation is 1. The average Bonchev–Trinajstić information content (AvgIpc) is 2.60. The van der Waals surface area contributed by atoms with Crippen LogP contribution in [-0.2, 0) is 19.5 Å². The Labute approximate surface area is 145 Å². The first-order valence-corrected chi connectivity index (χ1v) is 8.67. The van der Waals surface area contributed by atoms with Crippen LogP contribution in [0.2, 0.25) is 0 Å². The standard InChI is InChI=1S/C17H17NO6S/c1-11-6-4-5-7-15(11)25(21,22)18-14-10-12(16(19)23-2)8-9-13(14)17(20)24-3/h4-10,18H,1-3H3. The van der Waals surface area contributed by atoms with Crippen LogP contribution in [0.3, 0.4) is 0 Å². The number of nitrogens with one attached hydrogen (secondary N) is 1. The fourth-order valence-corrected chi connectivity index (χ4v) is 3.54. The lowest BCUT2D eigenvalue weighted by Gasteiger charge is -2.14. The fourth-order valence-electron chi connectivity index (χ4n) is 2.22. The number of benzene rings is 2. The van der Waals surface area contributed by atoms with E-state index in [2.05, 4.69) is 14.2 Å². The Kier molecular flexibility index (Phi) is 5.43. The Morgan fingerprint density at radius 2 is 1.60 bits per heavy atom. The molecule has 0 atom stereocenters. The minimum absolute atomic E-state index is 0.0210. The first-order chi connectivity index (χ1) is 11.8. The van der Waals surface area contributed by atoms with Crippen molar-refractivity contribution in [2.24, 2.45) is 0 Å². The number of sulfonamides is 1. The van der Waals surface area contributed by atoms with E-state index in [0.717, 1.165) is 0 Å². The number of anilines is 1. The molecule has 8 heteroatoms. The third kappa shape index (κ3) is 3.97. The Balaban J connectivity index is 2.54. The van der Waals surface area contributed by atoms with E-state index in [-0.39, 0.29) is 21.7 Å². The van der Waals surface area contributed by atoms with Crippen molar-refractivity contribution in [3.63, 3.8) is 0 Å². The van der Waals surface area contributed by atoms with Gasteiger partial charge in [0.2, 0.25) is 0 Å². The molecule has 0 unspecified atom stereocenters. The van der Waals surface area contributed by atoms with E-state index < -0.39 is 22.0 Å². The van der Waals surface area contributed by atoms with Crippen molar-refractivity contribution in [3.05, 3.63) is 59.2 Å². The number of rotatable bonds is 5. The molecule has 0 fully saturated rings. The molecule has 7 nitrogen and oxygen atoms in total. The van der Waals surface area contributed by atoms with Gasteiger partial charge in [0.15, 0.2) is 0 Å². The molecule has 25 heavy (non-hydrogen) atoms. The van der Waals surface area contributed by atoms with Gasteiger partial charge < -0.3 is 9.47 Å². The average molecular weight is 363 g/mol. The van der Waals surface area contributed by atoms with E-state index in [0.29, 0.717) is 5.56 Å². The molecule has 2 aromatic rings. The molecular weight excluding hydrogens is 346 g/mol. The highest BCUT2D eigenvalue weighted by molar-refractivity contribution is 7.92. The van der Waals surface area contributed by atoms with E-state index in [9.17, 15) is 18.0 Å². The smallest absolute Gasteiger partial charge is 0.339 e. The summed E-state index contributed by atoms with van der Waals surface area (Å²) in [7, 11) is -1.59. The van der Waals surface area contributed by atoms with Crippen LogP contribution in [0.5, 0.6) is 0 Å². The lowest BCUT2D eigenvalue weighted by atomic mass is 10.1. The highest BCUT2D eigenvalue weighted by atomic mass is 32.2. The Bertz CT molecular complexity index is 920. The number of ether oxygens (including phenoxy) is 2. The molecule has 0 aromatic heterocycles. The van der Waals surface area contributed by atoms with Gasteiger partial charge >= 0.3 is 11.9 Å². The molecule has 0 aliphatic rings. The minimum Gasteiger partial charge on any atom is -0.465 e. The van der Waals surface area contributed by atoms with E-state index in [1.54, 1.807) is 25.1 Å². The van der Waals surface area contributed by atoms with Crippen LogP contribution in [0.25, 0.3) is 0 Å². The van der Waals surface area contributed by atoms with Gasteiger partial charge in [0.25, 0.3) is 10.0 Å². The van der Waals surface area contributed by atoms with Crippen molar-refractivity contribution in [3.8, 4) is 0 Å². The molecule has 1 N–H and O–H groups in total. The zero-order valence-corrected chi connectivity index (χ0v) is 14.7. The molecule has 0 heterocycles. The van der Waals surface area contributed by atoms with Gasteiger partial charge in [-0.1, -0.05) is 18.2 Å². The van der Waals surface area contributed by atoms with Gasteiger partial charge in [-0.05, 0) is 36.8 Å². The molecule has 0 radical (unpaired) electrons. The van der Waals surface area contributed by atoms with Gasteiger partial charge in [0.05, 0.1) is 35.9 Å². The highest BCUT2D eigenvalue weighted by Crippen LogP contribution is 2.24. The molecule has 0 amide bonds. The monoisotopic (exact) mass is 363 g/mol. The number of carbonyl (C=O) groups is 2. The molecule has 2 aromatic carbocycles. The summed E-state index contributed by atoms with van der Waals surface area (Å²) in [5, 5.41) is 0. The maximum atomic E-state index is 12.7. The topological polar surface area (TPSA) is 98.8 Å². The maximum Gasteiger partial charge on any atom is 0.339 e. The lowest BCUT2D eigenvalue weighted by molar-refractivity contribution is 0.0587. The lowest BCUT2D eigenvalue weighted by Crippen LogP contribution is -2.18. The number of carbonyl (C=O) groups excluding carboxylic acids is 2. The fraction of sp³-hybridized carbons (Fsp3) is 0.176. The normalized spacial score (nSPS) is 10.8. The molecule has 0 bridgehead atoms. The number of hydrogen-bond donors (Lipinski definition) is 1. The molecule has 132 valence electrons. The second-order valence-corrected chi connectivity index (χ2v) is 6.77. The first kappa shape index (κ1) is 18.5. The summed E-state index contributed by atoms with van der Waals surface area (Å²) in [6.45, 7) is 1.65. The zero-order chi connectivity index (χ0) is 18.6. The third-order valence-corrected chi connectivity index (χ3v) is 5.00. The van der Waals surface area contributed by atoms with Crippen LogP contribution >= 0.6 is 0 Å². The van der Waals surface area contributed by atoms with Crippen LogP contribution < -0.4 is 4.72 Å². The van der Waals surface area contributed by atoms with E-state index in [4.69, 9.17) is 0 Å². The maximum absolute atomic E-state index is 12.7. The molecular formula is C17H17NO6S. The molecule has 0 saturated carbocycles. The number of hydrogen-bond acceptors (Lipinski definition) is 6. The number of methoxy groups -OCH3 is 2. The van der Waals surface area contributed by atoms with Gasteiger partial charge in [-0.2, -0.15) is 0 Å². The second kappa shape index (κ2) is 7.35. The van der Waals surface area contributed by atoms with Crippen molar-refractivity contribution in [1.82, 2.24) is 0 Å². The van der Waals surface area contributed by atoms with Crippen molar-refractivity contribution in [1.29, 1.82) is 0 Å². The largest absolute Gasteiger partial charge is 0.465 e. The van der Waals surface area contributed by atoms with Crippen molar-refractivity contribution < 1.29 is 27.5 Å². The number of esters is 2. The van der Waals surface area contributed by atoms with Crippen LogP contribution in [0.4, 0.5) is 5.69 Å². The van der Waals surface area contributed by atoms with Crippen molar-refractivity contribution in [2.45, 2.75) is 11.8 Å². The second-order valence-electron chi connectivity index (χ2n) is 5.11. The van der Waals surface area contributed by atoms with Gasteiger partial charge in [0.1, 0.15) is 0 Å². The summed E-state index contributed by atoms with van der Waals surface area (Å²) in [4.78, 5) is 23.7. The Morgan fingerprint density at radius 1 is 0.960 bits per heavy atom. The summed E-state index contributed by atoms with van der Waals surface area (Å²) in [5.41, 5.74) is 0.543. The van der Waals surface area contributed by atoms with Crippen LogP contribution in [0, 0.1) is 6.92 Å². The van der Waals surface area contributed by atoms with Gasteiger partial charge in [-0.3, -0.25) is 4.72 Å². The minimum atomic E-state index is -3.97. The summed E-state index contributed by atoms with van der Waals surface area (Å²) >= 11 is 0.